The molecular formula is C18H31ClN4O2. The number of aromatic nitrogens is 1. The normalized spacial score (nSPS) is 11.6. The van der Waals surface area contributed by atoms with E-state index in [1.807, 2.05) is 13.0 Å². The van der Waals surface area contributed by atoms with Crippen LogP contribution >= 0.6 is 11.6 Å². The average Bonchev–Trinajstić information content (AvgIpc) is 2.62. The highest BCUT2D eigenvalue weighted by atomic mass is 35.5. The Kier molecular flexibility index (Phi) is 12.9. The molecule has 0 aromatic carbocycles. The van der Waals surface area contributed by atoms with E-state index in [0.29, 0.717) is 31.5 Å². The summed E-state index contributed by atoms with van der Waals surface area (Å²) in [5, 5.41) is 7.05. The topological polar surface area (TPSA) is 67.8 Å². The van der Waals surface area contributed by atoms with Crippen LogP contribution in [0.3, 0.4) is 0 Å². The first-order chi connectivity index (χ1) is 12.3. The minimum atomic E-state index is 0.516. The first kappa shape index (κ1) is 21.7. The summed E-state index contributed by atoms with van der Waals surface area (Å²) in [6.07, 6.45) is 4.92. The van der Waals surface area contributed by atoms with Crippen molar-refractivity contribution in [3.8, 4) is 0 Å². The van der Waals surface area contributed by atoms with E-state index < -0.39 is 0 Å². The number of ether oxygens (including phenoxy) is 2. The summed E-state index contributed by atoms with van der Waals surface area (Å²) in [5.41, 5.74) is 1.14. The van der Waals surface area contributed by atoms with Gasteiger partial charge in [0, 0.05) is 25.9 Å². The van der Waals surface area contributed by atoms with E-state index >= 15 is 0 Å². The van der Waals surface area contributed by atoms with E-state index in [0.717, 1.165) is 50.5 Å². The van der Waals surface area contributed by atoms with E-state index in [-0.39, 0.29) is 0 Å². The number of nitrogens with one attached hydrogen (secondary N) is 2. The van der Waals surface area contributed by atoms with Gasteiger partial charge in [0.2, 0.25) is 0 Å². The molecule has 0 aliphatic heterocycles. The second-order valence-electron chi connectivity index (χ2n) is 5.50. The van der Waals surface area contributed by atoms with Gasteiger partial charge in [-0.2, -0.15) is 0 Å². The maximum Gasteiger partial charge on any atom is 0.191 e. The highest BCUT2D eigenvalue weighted by Crippen LogP contribution is 2.05. The zero-order valence-electron chi connectivity index (χ0n) is 15.4. The molecule has 1 aromatic rings. The van der Waals surface area contributed by atoms with Gasteiger partial charge in [-0.3, -0.25) is 4.99 Å². The lowest BCUT2D eigenvalue weighted by atomic mass is 10.2. The molecular weight excluding hydrogens is 340 g/mol. The Morgan fingerprint density at radius 1 is 1.12 bits per heavy atom. The number of pyridine rings is 1. The van der Waals surface area contributed by atoms with Crippen molar-refractivity contribution < 1.29 is 9.47 Å². The van der Waals surface area contributed by atoms with E-state index in [9.17, 15) is 0 Å². The molecule has 25 heavy (non-hydrogen) atoms. The zero-order chi connectivity index (χ0) is 18.2. The molecule has 0 spiro atoms. The Labute approximate surface area is 156 Å². The van der Waals surface area contributed by atoms with Crippen molar-refractivity contribution in [2.24, 2.45) is 4.99 Å². The van der Waals surface area contributed by atoms with Gasteiger partial charge in [-0.15, -0.1) is 0 Å². The molecule has 1 rings (SSSR count). The van der Waals surface area contributed by atoms with Gasteiger partial charge in [0.15, 0.2) is 5.96 Å². The Hall–Kier alpha value is -1.37. The monoisotopic (exact) mass is 370 g/mol. The van der Waals surface area contributed by atoms with E-state index in [1.54, 1.807) is 12.3 Å². The zero-order valence-corrected chi connectivity index (χ0v) is 16.1. The van der Waals surface area contributed by atoms with Crippen LogP contribution in [0, 0.1) is 0 Å². The standard InChI is InChI=1S/C18H31ClN4O2/c1-3-5-11-24-13-14-25-12-10-22-18(20-4-2)21-9-8-16-6-7-17(19)23-15-16/h6-7,15H,3-5,8-14H2,1-2H3,(H2,20,21,22). The van der Waals surface area contributed by atoms with Crippen molar-refractivity contribution in [1.82, 2.24) is 15.6 Å². The summed E-state index contributed by atoms with van der Waals surface area (Å²) in [6, 6.07) is 3.79. The number of nitrogens with zero attached hydrogens (tertiary/aromatic N) is 2. The highest BCUT2D eigenvalue weighted by Gasteiger charge is 1.99. The third-order valence-corrected chi connectivity index (χ3v) is 3.58. The van der Waals surface area contributed by atoms with Gasteiger partial charge in [0.05, 0.1) is 26.4 Å². The summed E-state index contributed by atoms with van der Waals surface area (Å²) in [6.45, 7) is 9.09. The minimum absolute atomic E-state index is 0.516. The quantitative estimate of drug-likeness (QED) is 0.242. The van der Waals surface area contributed by atoms with Crippen LogP contribution in [0.1, 0.15) is 32.3 Å². The molecule has 0 aliphatic rings. The fourth-order valence-corrected chi connectivity index (χ4v) is 2.12. The number of aliphatic imine (C=N–C) groups is 1. The van der Waals surface area contributed by atoms with Crippen LogP contribution in [0.15, 0.2) is 23.3 Å². The lowest BCUT2D eigenvalue weighted by Gasteiger charge is -2.11. The van der Waals surface area contributed by atoms with E-state index in [1.165, 1.54) is 0 Å². The number of halogens is 1. The van der Waals surface area contributed by atoms with Crippen molar-refractivity contribution in [2.45, 2.75) is 33.1 Å². The molecule has 0 atom stereocenters. The van der Waals surface area contributed by atoms with Gasteiger partial charge >= 0.3 is 0 Å². The summed E-state index contributed by atoms with van der Waals surface area (Å²) in [7, 11) is 0. The predicted molar refractivity (Wildman–Crippen MR) is 103 cm³/mol. The van der Waals surface area contributed by atoms with E-state index in [2.05, 4.69) is 27.5 Å². The van der Waals surface area contributed by atoms with Gasteiger partial charge in [0.1, 0.15) is 5.15 Å². The first-order valence-electron chi connectivity index (χ1n) is 9.04. The third-order valence-electron chi connectivity index (χ3n) is 3.36. The van der Waals surface area contributed by atoms with Crippen molar-refractivity contribution in [2.75, 3.05) is 46.1 Å². The molecule has 0 bridgehead atoms. The maximum absolute atomic E-state index is 5.79. The van der Waals surface area contributed by atoms with Crippen LogP contribution in [0.2, 0.25) is 5.15 Å². The number of rotatable bonds is 13. The highest BCUT2D eigenvalue weighted by molar-refractivity contribution is 6.29. The molecule has 0 radical (unpaired) electrons. The van der Waals surface area contributed by atoms with Crippen LogP contribution in [0.25, 0.3) is 0 Å². The minimum Gasteiger partial charge on any atom is -0.379 e. The van der Waals surface area contributed by atoms with Crippen LogP contribution in [-0.4, -0.2) is 57.0 Å². The summed E-state index contributed by atoms with van der Waals surface area (Å²) >= 11 is 5.79. The van der Waals surface area contributed by atoms with Crippen molar-refractivity contribution >= 4 is 17.6 Å². The Morgan fingerprint density at radius 2 is 1.92 bits per heavy atom. The molecule has 0 fully saturated rings. The van der Waals surface area contributed by atoms with E-state index in [4.69, 9.17) is 21.1 Å². The number of unbranched alkanes of at least 4 members (excludes halogenated alkanes) is 1. The summed E-state index contributed by atoms with van der Waals surface area (Å²) in [5.74, 6) is 0.798. The molecule has 1 heterocycles. The van der Waals surface area contributed by atoms with Crippen LogP contribution in [0.4, 0.5) is 0 Å². The van der Waals surface area contributed by atoms with Crippen LogP contribution < -0.4 is 10.6 Å². The Balaban J connectivity index is 2.14. The molecule has 0 saturated heterocycles. The molecule has 0 amide bonds. The number of hydrogen-bond acceptors (Lipinski definition) is 4. The Bertz CT molecular complexity index is 469. The van der Waals surface area contributed by atoms with Crippen LogP contribution in [0.5, 0.6) is 0 Å². The third kappa shape index (κ3) is 11.8. The first-order valence-corrected chi connectivity index (χ1v) is 9.42. The average molecular weight is 371 g/mol. The van der Waals surface area contributed by atoms with Gasteiger partial charge in [0.25, 0.3) is 0 Å². The van der Waals surface area contributed by atoms with Crippen molar-refractivity contribution in [1.29, 1.82) is 0 Å². The van der Waals surface area contributed by atoms with Gasteiger partial charge in [-0.25, -0.2) is 4.98 Å². The molecule has 0 unspecified atom stereocenters. The number of guanidine groups is 1. The fraction of sp³-hybridized carbons (Fsp3) is 0.667. The SMILES string of the molecule is CCCCOCCOCCN=C(NCC)NCCc1ccc(Cl)nc1. The fourth-order valence-electron chi connectivity index (χ4n) is 2.01. The molecule has 6 nitrogen and oxygen atoms in total. The second-order valence-corrected chi connectivity index (χ2v) is 5.89. The number of hydrogen-bond donors (Lipinski definition) is 2. The van der Waals surface area contributed by atoms with Crippen LogP contribution in [-0.2, 0) is 15.9 Å². The summed E-state index contributed by atoms with van der Waals surface area (Å²) in [4.78, 5) is 8.58. The molecule has 2 N–H and O–H groups in total. The predicted octanol–water partition coefficient (Wildman–Crippen LogP) is 2.67. The second kappa shape index (κ2) is 14.9. The van der Waals surface area contributed by atoms with Gasteiger partial charge in [-0.1, -0.05) is 31.0 Å². The molecule has 7 heteroatoms. The molecule has 142 valence electrons. The smallest absolute Gasteiger partial charge is 0.191 e. The Morgan fingerprint density at radius 3 is 2.60 bits per heavy atom. The lowest BCUT2D eigenvalue weighted by Crippen LogP contribution is -2.38. The largest absolute Gasteiger partial charge is 0.379 e. The van der Waals surface area contributed by atoms with Crippen molar-refractivity contribution in [3.05, 3.63) is 29.0 Å². The van der Waals surface area contributed by atoms with Gasteiger partial charge in [-0.05, 0) is 31.4 Å². The lowest BCUT2D eigenvalue weighted by molar-refractivity contribution is 0.0497. The van der Waals surface area contributed by atoms with Crippen molar-refractivity contribution in [3.63, 3.8) is 0 Å². The molecule has 0 aliphatic carbocycles. The summed E-state index contributed by atoms with van der Waals surface area (Å²) < 4.78 is 11.0. The van der Waals surface area contributed by atoms with Gasteiger partial charge < -0.3 is 20.1 Å². The maximum atomic E-state index is 5.79. The molecule has 1 aromatic heterocycles. The molecule has 0 saturated carbocycles.